The number of benzene rings is 2. The third-order valence-corrected chi connectivity index (χ3v) is 2.85. The first-order chi connectivity index (χ1) is 9.40. The molecule has 1 heterocycles. The van der Waals surface area contributed by atoms with Gasteiger partial charge in [0.05, 0.1) is 11.9 Å². The van der Waals surface area contributed by atoms with E-state index in [9.17, 15) is 0 Å². The molecule has 1 unspecified atom stereocenters. The van der Waals surface area contributed by atoms with E-state index in [0.717, 1.165) is 12.1 Å². The molecule has 2 aromatic carbocycles. The van der Waals surface area contributed by atoms with Gasteiger partial charge < -0.3 is 0 Å². The molecule has 4 heteroatoms. The van der Waals surface area contributed by atoms with E-state index in [2.05, 4.69) is 22.7 Å². The van der Waals surface area contributed by atoms with Crippen molar-refractivity contribution < 1.29 is 4.84 Å². The van der Waals surface area contributed by atoms with Crippen LogP contribution in [-0.2, 0) is 11.3 Å². The summed E-state index contributed by atoms with van der Waals surface area (Å²) in [5, 5.41) is 5.59. The van der Waals surface area contributed by atoms with Crippen molar-refractivity contribution in [3.05, 3.63) is 66.2 Å². The molecule has 0 spiro atoms. The van der Waals surface area contributed by atoms with Crippen LogP contribution in [0.25, 0.3) is 0 Å². The number of nitrogens with one attached hydrogen (secondary N) is 1. The van der Waals surface area contributed by atoms with Crippen LogP contribution in [0.3, 0.4) is 0 Å². The highest BCUT2D eigenvalue weighted by molar-refractivity contribution is 5.64. The molecule has 0 aliphatic carbocycles. The van der Waals surface area contributed by atoms with Gasteiger partial charge >= 0.3 is 0 Å². The van der Waals surface area contributed by atoms with Gasteiger partial charge in [0.1, 0.15) is 6.10 Å². The molecule has 0 amide bonds. The summed E-state index contributed by atoms with van der Waals surface area (Å²) in [6.07, 6.45) is 2.60. The van der Waals surface area contributed by atoms with Gasteiger partial charge in [0.25, 0.3) is 0 Å². The molecule has 96 valence electrons. The molecule has 0 fully saturated rings. The van der Waals surface area contributed by atoms with Gasteiger partial charge in [-0.2, -0.15) is 0 Å². The maximum Gasteiger partial charge on any atom is 0.130 e. The smallest absolute Gasteiger partial charge is 0.130 e. The lowest BCUT2D eigenvalue weighted by atomic mass is 10.1. The van der Waals surface area contributed by atoms with E-state index in [1.807, 2.05) is 54.7 Å². The second-order valence-corrected chi connectivity index (χ2v) is 4.35. The molecule has 0 bridgehead atoms. The Balaban J connectivity index is 1.55. The Labute approximate surface area is 112 Å². The SMILES string of the molecule is C1=NN(Nc2ccccc2)OC1Cc1ccccc1. The normalized spacial score (nSPS) is 17.7. The Bertz CT molecular complexity index is 492. The molecule has 3 rings (SSSR count). The molecular weight excluding hydrogens is 238 g/mol. The fraction of sp³-hybridized carbons (Fsp3) is 0.133. The molecule has 0 saturated carbocycles. The first kappa shape index (κ1) is 11.7. The van der Waals surface area contributed by atoms with Crippen molar-refractivity contribution in [2.75, 3.05) is 5.43 Å². The third-order valence-electron chi connectivity index (χ3n) is 2.85. The highest BCUT2D eigenvalue weighted by Crippen LogP contribution is 2.14. The van der Waals surface area contributed by atoms with E-state index in [0.29, 0.717) is 0 Å². The molecular formula is C15H15N3O. The molecule has 4 nitrogen and oxygen atoms in total. The predicted octanol–water partition coefficient (Wildman–Crippen LogP) is 2.86. The second kappa shape index (κ2) is 5.54. The zero-order chi connectivity index (χ0) is 12.9. The first-order valence-electron chi connectivity index (χ1n) is 6.27. The average molecular weight is 253 g/mol. The van der Waals surface area contributed by atoms with Crippen LogP contribution < -0.4 is 5.43 Å². The van der Waals surface area contributed by atoms with Crippen molar-refractivity contribution in [3.63, 3.8) is 0 Å². The molecule has 0 radical (unpaired) electrons. The van der Waals surface area contributed by atoms with Crippen LogP contribution in [0, 0.1) is 0 Å². The van der Waals surface area contributed by atoms with Crippen molar-refractivity contribution in [1.82, 2.24) is 5.28 Å². The molecule has 19 heavy (non-hydrogen) atoms. The van der Waals surface area contributed by atoms with Gasteiger partial charge in [0.2, 0.25) is 0 Å². The minimum Gasteiger partial charge on any atom is -0.257 e. The number of hydrazone groups is 1. The van der Waals surface area contributed by atoms with Gasteiger partial charge in [-0.1, -0.05) is 53.8 Å². The molecule has 0 saturated heterocycles. The van der Waals surface area contributed by atoms with Crippen LogP contribution >= 0.6 is 0 Å². The van der Waals surface area contributed by atoms with Crippen molar-refractivity contribution in [3.8, 4) is 0 Å². The number of anilines is 1. The number of hydrogen-bond acceptors (Lipinski definition) is 4. The largest absolute Gasteiger partial charge is 0.257 e. The molecule has 1 atom stereocenters. The number of hydrazine groups is 1. The average Bonchev–Trinajstić information content (AvgIpc) is 2.88. The van der Waals surface area contributed by atoms with Crippen LogP contribution in [0.15, 0.2) is 65.8 Å². The number of hydrogen-bond donors (Lipinski definition) is 1. The summed E-state index contributed by atoms with van der Waals surface area (Å²) in [4.78, 5) is 5.67. The molecule has 1 aliphatic heterocycles. The maximum atomic E-state index is 5.67. The minimum atomic E-state index is -0.0291. The Hall–Kier alpha value is -2.33. The number of para-hydroxylation sites is 1. The zero-order valence-electron chi connectivity index (χ0n) is 10.4. The van der Waals surface area contributed by atoms with Crippen molar-refractivity contribution in [1.29, 1.82) is 0 Å². The Morgan fingerprint density at radius 1 is 1.00 bits per heavy atom. The van der Waals surface area contributed by atoms with Gasteiger partial charge in [-0.15, -0.1) is 5.10 Å². The molecule has 2 aromatic rings. The number of rotatable bonds is 4. The van der Waals surface area contributed by atoms with Crippen LogP contribution in [0.1, 0.15) is 5.56 Å². The van der Waals surface area contributed by atoms with E-state index in [1.54, 1.807) is 0 Å². The van der Waals surface area contributed by atoms with Gasteiger partial charge in [0.15, 0.2) is 0 Å². The van der Waals surface area contributed by atoms with Crippen LogP contribution in [0.2, 0.25) is 0 Å². The van der Waals surface area contributed by atoms with Crippen LogP contribution in [0.5, 0.6) is 0 Å². The standard InChI is InChI=1S/C15H15N3O/c1-3-7-13(8-4-1)11-15-12-16-18(19-15)17-14-9-5-2-6-10-14/h1-10,12,15,17H,11H2. The summed E-state index contributed by atoms with van der Waals surface area (Å²) in [5.41, 5.74) is 5.25. The lowest BCUT2D eigenvalue weighted by molar-refractivity contribution is -0.138. The second-order valence-electron chi connectivity index (χ2n) is 4.35. The topological polar surface area (TPSA) is 36.9 Å². The molecule has 0 aromatic heterocycles. The van der Waals surface area contributed by atoms with Gasteiger partial charge in [-0.05, 0) is 17.7 Å². The van der Waals surface area contributed by atoms with E-state index >= 15 is 0 Å². The lowest BCUT2D eigenvalue weighted by Gasteiger charge is -2.17. The van der Waals surface area contributed by atoms with E-state index < -0.39 is 0 Å². The minimum absolute atomic E-state index is 0.0291. The fourth-order valence-electron chi connectivity index (χ4n) is 1.93. The van der Waals surface area contributed by atoms with E-state index in [1.165, 1.54) is 10.8 Å². The Kier molecular flexibility index (Phi) is 3.42. The molecule has 1 aliphatic rings. The summed E-state index contributed by atoms with van der Waals surface area (Å²) in [5.74, 6) is 0. The van der Waals surface area contributed by atoms with Crippen LogP contribution in [0.4, 0.5) is 5.69 Å². The third kappa shape index (κ3) is 3.11. The van der Waals surface area contributed by atoms with E-state index in [-0.39, 0.29) is 6.10 Å². The summed E-state index contributed by atoms with van der Waals surface area (Å²) in [6.45, 7) is 0. The van der Waals surface area contributed by atoms with Crippen LogP contribution in [-0.4, -0.2) is 17.6 Å². The number of nitrogens with zero attached hydrogens (tertiary/aromatic N) is 2. The van der Waals surface area contributed by atoms with Gasteiger partial charge in [-0.25, -0.2) is 4.84 Å². The Morgan fingerprint density at radius 3 is 2.42 bits per heavy atom. The van der Waals surface area contributed by atoms with Crippen molar-refractivity contribution >= 4 is 11.9 Å². The highest BCUT2D eigenvalue weighted by atomic mass is 16.8. The van der Waals surface area contributed by atoms with Crippen molar-refractivity contribution in [2.24, 2.45) is 5.10 Å². The monoisotopic (exact) mass is 253 g/mol. The first-order valence-corrected chi connectivity index (χ1v) is 6.27. The maximum absolute atomic E-state index is 5.67. The summed E-state index contributed by atoms with van der Waals surface area (Å²) >= 11 is 0. The zero-order valence-corrected chi connectivity index (χ0v) is 10.4. The quantitative estimate of drug-likeness (QED) is 0.910. The summed E-state index contributed by atoms with van der Waals surface area (Å²) in [7, 11) is 0. The lowest BCUT2D eigenvalue weighted by Crippen LogP contribution is -2.25. The summed E-state index contributed by atoms with van der Waals surface area (Å²) in [6, 6.07) is 20.1. The van der Waals surface area contributed by atoms with Gasteiger partial charge in [0, 0.05) is 6.42 Å². The van der Waals surface area contributed by atoms with Gasteiger partial charge in [-0.3, -0.25) is 5.43 Å². The summed E-state index contributed by atoms with van der Waals surface area (Å²) < 4.78 is 0. The van der Waals surface area contributed by atoms with Crippen molar-refractivity contribution in [2.45, 2.75) is 12.5 Å². The fourth-order valence-corrected chi connectivity index (χ4v) is 1.93. The predicted molar refractivity (Wildman–Crippen MR) is 75.4 cm³/mol. The highest BCUT2D eigenvalue weighted by Gasteiger charge is 2.18. The molecule has 1 N–H and O–H groups in total. The Morgan fingerprint density at radius 2 is 1.68 bits per heavy atom. The van der Waals surface area contributed by atoms with E-state index in [4.69, 9.17) is 4.84 Å².